The van der Waals surface area contributed by atoms with Crippen molar-refractivity contribution in [2.45, 2.75) is 45.3 Å². The van der Waals surface area contributed by atoms with Crippen molar-refractivity contribution < 1.29 is 9.53 Å². The molecule has 1 aromatic rings. The van der Waals surface area contributed by atoms with Gasteiger partial charge in [-0.1, -0.05) is 18.9 Å². The van der Waals surface area contributed by atoms with Gasteiger partial charge in [0.1, 0.15) is 5.82 Å². The average molecular weight is 332 g/mol. The highest BCUT2D eigenvalue weighted by atomic mass is 16.5. The first kappa shape index (κ1) is 17.0. The summed E-state index contributed by atoms with van der Waals surface area (Å²) in [5.41, 5.74) is 1.03. The Bertz CT molecular complexity index is 526. The van der Waals surface area contributed by atoms with Crippen LogP contribution in [0, 0.1) is 0 Å². The number of anilines is 1. The van der Waals surface area contributed by atoms with Crippen LogP contribution < -0.4 is 10.2 Å². The monoisotopic (exact) mass is 332 g/mol. The maximum absolute atomic E-state index is 12.2. The van der Waals surface area contributed by atoms with Crippen molar-refractivity contribution in [1.82, 2.24) is 15.2 Å². The molecule has 0 radical (unpaired) electrons. The third-order valence-electron chi connectivity index (χ3n) is 4.71. The van der Waals surface area contributed by atoms with Gasteiger partial charge in [0.15, 0.2) is 0 Å². The van der Waals surface area contributed by atoms with Crippen LogP contribution >= 0.6 is 0 Å². The molecule has 3 heterocycles. The van der Waals surface area contributed by atoms with Gasteiger partial charge >= 0.3 is 6.03 Å². The smallest absolute Gasteiger partial charge is 0.317 e. The summed E-state index contributed by atoms with van der Waals surface area (Å²) in [6, 6.07) is 4.11. The lowest BCUT2D eigenvalue weighted by molar-refractivity contribution is -0.00351. The third kappa shape index (κ3) is 4.60. The molecule has 2 aliphatic heterocycles. The maximum Gasteiger partial charge on any atom is 0.317 e. The fraction of sp³-hybridized carbons (Fsp3) is 0.667. The van der Waals surface area contributed by atoms with Crippen LogP contribution in [0.15, 0.2) is 18.3 Å². The van der Waals surface area contributed by atoms with Crippen LogP contribution in [-0.4, -0.2) is 54.8 Å². The van der Waals surface area contributed by atoms with Gasteiger partial charge in [0.2, 0.25) is 0 Å². The molecule has 0 unspecified atom stereocenters. The Balaban J connectivity index is 1.49. The maximum atomic E-state index is 12.2. The second-order valence-corrected chi connectivity index (χ2v) is 6.71. The number of nitrogens with one attached hydrogen (secondary N) is 1. The molecule has 2 aliphatic rings. The predicted octanol–water partition coefficient (Wildman–Crippen LogP) is 2.39. The number of rotatable bonds is 3. The van der Waals surface area contributed by atoms with E-state index in [-0.39, 0.29) is 12.1 Å². The zero-order valence-corrected chi connectivity index (χ0v) is 14.5. The van der Waals surface area contributed by atoms with Gasteiger partial charge in [-0.15, -0.1) is 0 Å². The van der Waals surface area contributed by atoms with E-state index in [0.29, 0.717) is 26.2 Å². The molecule has 1 N–H and O–H groups in total. The van der Waals surface area contributed by atoms with Crippen LogP contribution in [0.25, 0.3) is 0 Å². The molecule has 6 heteroatoms. The molecule has 6 nitrogen and oxygen atoms in total. The molecule has 1 aromatic heterocycles. The van der Waals surface area contributed by atoms with Crippen LogP contribution in [0.2, 0.25) is 0 Å². The summed E-state index contributed by atoms with van der Waals surface area (Å²) in [7, 11) is 0. The standard InChI is InChI=1S/C18H28N4O2/c1-15-14-22(10-11-24-15)18(23)20-13-16-6-7-17(19-12-16)21-8-4-2-3-5-9-21/h6-7,12,15H,2-5,8-11,13-14H2,1H3,(H,20,23)/t15-/m1/s1. The normalized spacial score (nSPS) is 22.1. The molecular weight excluding hydrogens is 304 g/mol. The van der Waals surface area contributed by atoms with E-state index in [1.54, 1.807) is 0 Å². The van der Waals surface area contributed by atoms with Gasteiger partial charge in [-0.25, -0.2) is 9.78 Å². The van der Waals surface area contributed by atoms with Gasteiger partial charge in [0, 0.05) is 38.9 Å². The van der Waals surface area contributed by atoms with E-state index in [0.717, 1.165) is 24.5 Å². The Kier molecular flexibility index (Phi) is 5.91. The number of carbonyl (C=O) groups excluding carboxylic acids is 1. The first-order valence-electron chi connectivity index (χ1n) is 9.06. The topological polar surface area (TPSA) is 57.7 Å². The summed E-state index contributed by atoms with van der Waals surface area (Å²) < 4.78 is 5.46. The highest BCUT2D eigenvalue weighted by Gasteiger charge is 2.21. The van der Waals surface area contributed by atoms with E-state index in [9.17, 15) is 4.79 Å². The minimum absolute atomic E-state index is 0.0262. The number of carbonyl (C=O) groups is 1. The largest absolute Gasteiger partial charge is 0.375 e. The van der Waals surface area contributed by atoms with E-state index >= 15 is 0 Å². The summed E-state index contributed by atoms with van der Waals surface area (Å²) in [5.74, 6) is 1.05. The van der Waals surface area contributed by atoms with Crippen molar-refractivity contribution >= 4 is 11.8 Å². The number of amides is 2. The summed E-state index contributed by atoms with van der Waals surface area (Å²) in [4.78, 5) is 21.0. The zero-order valence-electron chi connectivity index (χ0n) is 14.5. The van der Waals surface area contributed by atoms with Gasteiger partial charge in [0.05, 0.1) is 12.7 Å². The van der Waals surface area contributed by atoms with E-state index < -0.39 is 0 Å². The van der Waals surface area contributed by atoms with Crippen molar-refractivity contribution in [3.05, 3.63) is 23.9 Å². The predicted molar refractivity (Wildman–Crippen MR) is 94.1 cm³/mol. The van der Waals surface area contributed by atoms with Crippen LogP contribution in [0.1, 0.15) is 38.2 Å². The second kappa shape index (κ2) is 8.33. The number of aromatic nitrogens is 1. The second-order valence-electron chi connectivity index (χ2n) is 6.71. The van der Waals surface area contributed by atoms with E-state index in [1.165, 1.54) is 25.7 Å². The molecule has 3 rings (SSSR count). The number of hydrogen-bond donors (Lipinski definition) is 1. The van der Waals surface area contributed by atoms with Crippen molar-refractivity contribution in [1.29, 1.82) is 0 Å². The average Bonchev–Trinajstić information content (AvgIpc) is 2.89. The molecule has 0 aliphatic carbocycles. The summed E-state index contributed by atoms with van der Waals surface area (Å²) >= 11 is 0. The molecule has 2 saturated heterocycles. The van der Waals surface area contributed by atoms with E-state index in [4.69, 9.17) is 4.74 Å². The van der Waals surface area contributed by atoms with Crippen LogP contribution in [0.5, 0.6) is 0 Å². The molecule has 0 bridgehead atoms. The quantitative estimate of drug-likeness (QED) is 0.923. The summed E-state index contributed by atoms with van der Waals surface area (Å²) in [6.07, 6.45) is 7.12. The molecule has 2 fully saturated rings. The molecule has 0 saturated carbocycles. The van der Waals surface area contributed by atoms with E-state index in [2.05, 4.69) is 27.3 Å². The molecule has 1 atom stereocenters. The molecule has 0 aromatic carbocycles. The Morgan fingerprint density at radius 2 is 2.04 bits per heavy atom. The first-order valence-corrected chi connectivity index (χ1v) is 9.06. The van der Waals surface area contributed by atoms with Crippen LogP contribution in [-0.2, 0) is 11.3 Å². The number of hydrogen-bond acceptors (Lipinski definition) is 4. The van der Waals surface area contributed by atoms with Crippen molar-refractivity contribution in [2.24, 2.45) is 0 Å². The Morgan fingerprint density at radius 1 is 1.25 bits per heavy atom. The van der Waals surface area contributed by atoms with Crippen molar-refractivity contribution in [3.63, 3.8) is 0 Å². The number of morpholine rings is 1. The minimum Gasteiger partial charge on any atom is -0.375 e. The molecule has 24 heavy (non-hydrogen) atoms. The fourth-order valence-corrected chi connectivity index (χ4v) is 3.30. The lowest BCUT2D eigenvalue weighted by Gasteiger charge is -2.31. The van der Waals surface area contributed by atoms with Gasteiger partial charge in [-0.3, -0.25) is 0 Å². The van der Waals surface area contributed by atoms with Gasteiger partial charge in [-0.05, 0) is 31.4 Å². The lowest BCUT2D eigenvalue weighted by atomic mass is 10.2. The van der Waals surface area contributed by atoms with Gasteiger partial charge in [-0.2, -0.15) is 0 Å². The molecule has 2 amide bonds. The van der Waals surface area contributed by atoms with Crippen LogP contribution in [0.4, 0.5) is 10.6 Å². The zero-order chi connectivity index (χ0) is 16.8. The number of pyridine rings is 1. The lowest BCUT2D eigenvalue weighted by Crippen LogP contribution is -2.48. The summed E-state index contributed by atoms with van der Waals surface area (Å²) in [6.45, 7) is 6.61. The van der Waals surface area contributed by atoms with Crippen LogP contribution in [0.3, 0.4) is 0 Å². The van der Waals surface area contributed by atoms with Crippen molar-refractivity contribution in [2.75, 3.05) is 37.7 Å². The minimum atomic E-state index is -0.0262. The third-order valence-corrected chi connectivity index (χ3v) is 4.71. The Labute approximate surface area is 144 Å². The van der Waals surface area contributed by atoms with Gasteiger partial charge < -0.3 is 19.9 Å². The Morgan fingerprint density at radius 3 is 2.71 bits per heavy atom. The van der Waals surface area contributed by atoms with Gasteiger partial charge in [0.25, 0.3) is 0 Å². The number of urea groups is 1. The fourth-order valence-electron chi connectivity index (χ4n) is 3.30. The highest BCUT2D eigenvalue weighted by Crippen LogP contribution is 2.17. The summed E-state index contributed by atoms with van der Waals surface area (Å²) in [5, 5.41) is 2.98. The molecular formula is C18H28N4O2. The number of ether oxygens (including phenoxy) is 1. The molecule has 132 valence electrons. The first-order chi connectivity index (χ1) is 11.7. The highest BCUT2D eigenvalue weighted by molar-refractivity contribution is 5.74. The molecule has 0 spiro atoms. The Hall–Kier alpha value is -1.82. The SMILES string of the molecule is C[C@@H]1CN(C(=O)NCc2ccc(N3CCCCCC3)nc2)CCO1. The van der Waals surface area contributed by atoms with E-state index in [1.807, 2.05) is 18.0 Å². The van der Waals surface area contributed by atoms with Crippen molar-refractivity contribution in [3.8, 4) is 0 Å². The number of nitrogens with zero attached hydrogens (tertiary/aromatic N) is 3.